The minimum absolute atomic E-state index is 0. The summed E-state index contributed by atoms with van der Waals surface area (Å²) in [5, 5.41) is 0. The summed E-state index contributed by atoms with van der Waals surface area (Å²) in [7, 11) is 0. The summed E-state index contributed by atoms with van der Waals surface area (Å²) in [5.41, 5.74) is 0. The molecule has 0 bridgehead atoms. The highest BCUT2D eigenvalue weighted by Gasteiger charge is 1.92. The smallest absolute Gasteiger partial charge is 0.0223 e. The van der Waals surface area contributed by atoms with Gasteiger partial charge in [0.2, 0.25) is 0 Å². The van der Waals surface area contributed by atoms with E-state index in [-0.39, 0.29) is 5.48 Å². The van der Waals surface area contributed by atoms with Crippen molar-refractivity contribution >= 4 is 11.6 Å². The molecule has 0 unspecified atom stereocenters. The first-order valence-corrected chi connectivity index (χ1v) is 7.51. The largest absolute Gasteiger partial charge is 0.412 e. The fraction of sp³-hybridized carbons (Fsp3) is 1.00. The molecule has 0 aromatic rings. The summed E-state index contributed by atoms with van der Waals surface area (Å²) < 4.78 is 0. The maximum Gasteiger partial charge on any atom is 0.0223 e. The molecule has 0 atom stereocenters. The van der Waals surface area contributed by atoms with E-state index < -0.39 is 0 Å². The van der Waals surface area contributed by atoms with Gasteiger partial charge in [-0.3, -0.25) is 0 Å². The molecule has 0 aliphatic heterocycles. The topological polar surface area (TPSA) is 31.5 Å². The summed E-state index contributed by atoms with van der Waals surface area (Å²) in [6, 6.07) is 0. The van der Waals surface area contributed by atoms with Crippen molar-refractivity contribution in [3.8, 4) is 0 Å². The molecule has 0 fully saturated rings. The molecule has 0 aromatic heterocycles. The minimum atomic E-state index is 0. The molecule has 100 valence electrons. The second-order valence-electron chi connectivity index (χ2n) is 4.58. The van der Waals surface area contributed by atoms with E-state index in [0.717, 1.165) is 5.88 Å². The molecular weight excluding hydrogens is 220 g/mol. The Balaban J connectivity index is 0. The monoisotopic (exact) mass is 250 g/mol. The average Bonchev–Trinajstić information content (AvgIpc) is 2.26. The molecule has 16 heavy (non-hydrogen) atoms. The highest BCUT2D eigenvalue weighted by molar-refractivity contribution is 6.17. The Morgan fingerprint density at radius 3 is 1.19 bits per heavy atom. The van der Waals surface area contributed by atoms with Crippen LogP contribution in [0.3, 0.4) is 0 Å². The lowest BCUT2D eigenvalue weighted by Gasteiger charge is -2.01. The van der Waals surface area contributed by atoms with Crippen molar-refractivity contribution in [3.05, 3.63) is 0 Å². The van der Waals surface area contributed by atoms with Gasteiger partial charge in [-0.1, -0.05) is 77.6 Å². The molecular formula is C14H31ClO. The third-order valence-corrected chi connectivity index (χ3v) is 3.25. The van der Waals surface area contributed by atoms with Crippen LogP contribution in [0.5, 0.6) is 0 Å². The summed E-state index contributed by atoms with van der Waals surface area (Å²) in [6.07, 6.45) is 16.9. The van der Waals surface area contributed by atoms with Gasteiger partial charge in [-0.2, -0.15) is 0 Å². The Morgan fingerprint density at radius 1 is 0.562 bits per heavy atom. The van der Waals surface area contributed by atoms with Crippen LogP contribution in [0, 0.1) is 0 Å². The van der Waals surface area contributed by atoms with Crippen molar-refractivity contribution in [1.82, 2.24) is 0 Å². The van der Waals surface area contributed by atoms with Crippen LogP contribution in [0.1, 0.15) is 84.0 Å². The van der Waals surface area contributed by atoms with Crippen molar-refractivity contribution in [2.75, 3.05) is 5.88 Å². The van der Waals surface area contributed by atoms with Crippen LogP contribution < -0.4 is 0 Å². The van der Waals surface area contributed by atoms with E-state index in [4.69, 9.17) is 11.6 Å². The standard InChI is InChI=1S/C14H29Cl.H2O/c1-2-3-4-5-6-7-8-9-10-11-12-13-14-15;/h2-14H2,1H3;1H2. The molecule has 0 aliphatic rings. The van der Waals surface area contributed by atoms with Crippen LogP contribution in [0.4, 0.5) is 0 Å². The number of alkyl halides is 1. The van der Waals surface area contributed by atoms with Gasteiger partial charge in [0.05, 0.1) is 0 Å². The maximum absolute atomic E-state index is 5.62. The van der Waals surface area contributed by atoms with Gasteiger partial charge in [-0.15, -0.1) is 11.6 Å². The second-order valence-corrected chi connectivity index (χ2v) is 4.96. The highest BCUT2D eigenvalue weighted by Crippen LogP contribution is 2.11. The molecule has 0 heterocycles. The summed E-state index contributed by atoms with van der Waals surface area (Å²) in [5.74, 6) is 0.845. The zero-order valence-electron chi connectivity index (χ0n) is 11.1. The van der Waals surface area contributed by atoms with Gasteiger partial charge in [0.15, 0.2) is 0 Å². The fourth-order valence-electron chi connectivity index (χ4n) is 1.94. The Hall–Kier alpha value is 0.250. The Labute approximate surface area is 107 Å². The van der Waals surface area contributed by atoms with Crippen molar-refractivity contribution < 1.29 is 5.48 Å². The Kier molecular flexibility index (Phi) is 20.5. The first-order chi connectivity index (χ1) is 7.41. The Morgan fingerprint density at radius 2 is 0.875 bits per heavy atom. The zero-order chi connectivity index (χ0) is 11.2. The number of hydrogen-bond donors (Lipinski definition) is 0. The first-order valence-electron chi connectivity index (χ1n) is 6.97. The summed E-state index contributed by atoms with van der Waals surface area (Å²) in [6.45, 7) is 2.28. The Bertz CT molecular complexity index is 94.9. The van der Waals surface area contributed by atoms with E-state index in [0.29, 0.717) is 0 Å². The van der Waals surface area contributed by atoms with E-state index in [2.05, 4.69) is 6.92 Å². The van der Waals surface area contributed by atoms with Gasteiger partial charge in [-0.25, -0.2) is 0 Å². The average molecular weight is 251 g/mol. The quantitative estimate of drug-likeness (QED) is 0.341. The van der Waals surface area contributed by atoms with Crippen LogP contribution in [-0.2, 0) is 0 Å². The molecule has 0 saturated carbocycles. The molecule has 0 spiro atoms. The van der Waals surface area contributed by atoms with Crippen LogP contribution in [0.15, 0.2) is 0 Å². The molecule has 2 N–H and O–H groups in total. The van der Waals surface area contributed by atoms with Crippen molar-refractivity contribution in [2.24, 2.45) is 0 Å². The molecule has 1 nitrogen and oxygen atoms in total. The fourth-order valence-corrected chi connectivity index (χ4v) is 2.12. The van der Waals surface area contributed by atoms with Crippen LogP contribution in [0.2, 0.25) is 0 Å². The maximum atomic E-state index is 5.62. The SMILES string of the molecule is CCCCCCCCCCCCCCCl.O. The summed E-state index contributed by atoms with van der Waals surface area (Å²) in [4.78, 5) is 0. The number of hydrogen-bond acceptors (Lipinski definition) is 0. The molecule has 0 amide bonds. The predicted molar refractivity (Wildman–Crippen MR) is 75.4 cm³/mol. The molecule has 0 saturated heterocycles. The third-order valence-electron chi connectivity index (χ3n) is 2.99. The number of unbranched alkanes of at least 4 members (excludes halogenated alkanes) is 11. The molecule has 0 radical (unpaired) electrons. The van der Waals surface area contributed by atoms with Crippen molar-refractivity contribution in [3.63, 3.8) is 0 Å². The molecule has 2 heteroatoms. The molecule has 0 rings (SSSR count). The van der Waals surface area contributed by atoms with Gasteiger partial charge in [0, 0.05) is 5.88 Å². The van der Waals surface area contributed by atoms with Gasteiger partial charge >= 0.3 is 0 Å². The van der Waals surface area contributed by atoms with Gasteiger partial charge in [0.25, 0.3) is 0 Å². The lowest BCUT2D eigenvalue weighted by atomic mass is 10.1. The van der Waals surface area contributed by atoms with Crippen LogP contribution >= 0.6 is 11.6 Å². The lowest BCUT2D eigenvalue weighted by Crippen LogP contribution is -1.82. The highest BCUT2D eigenvalue weighted by atomic mass is 35.5. The number of halogens is 1. The predicted octanol–water partition coefficient (Wildman–Crippen LogP) is 5.10. The molecule has 0 aliphatic carbocycles. The van der Waals surface area contributed by atoms with E-state index in [1.807, 2.05) is 0 Å². The van der Waals surface area contributed by atoms with Gasteiger partial charge in [0.1, 0.15) is 0 Å². The van der Waals surface area contributed by atoms with Gasteiger partial charge < -0.3 is 5.48 Å². The van der Waals surface area contributed by atoms with E-state index >= 15 is 0 Å². The minimum Gasteiger partial charge on any atom is -0.412 e. The van der Waals surface area contributed by atoms with Gasteiger partial charge in [-0.05, 0) is 6.42 Å². The zero-order valence-corrected chi connectivity index (χ0v) is 11.8. The number of rotatable bonds is 12. The van der Waals surface area contributed by atoms with E-state index in [1.54, 1.807) is 0 Å². The third kappa shape index (κ3) is 16.7. The first kappa shape index (κ1) is 18.6. The lowest BCUT2D eigenvalue weighted by molar-refractivity contribution is 0.548. The van der Waals surface area contributed by atoms with Crippen LogP contribution in [-0.4, -0.2) is 11.4 Å². The van der Waals surface area contributed by atoms with Crippen molar-refractivity contribution in [2.45, 2.75) is 84.0 Å². The normalized spacial score (nSPS) is 10.1. The van der Waals surface area contributed by atoms with Crippen molar-refractivity contribution in [1.29, 1.82) is 0 Å². The summed E-state index contributed by atoms with van der Waals surface area (Å²) >= 11 is 5.62. The molecule has 0 aromatic carbocycles. The van der Waals surface area contributed by atoms with E-state index in [1.165, 1.54) is 77.0 Å². The second kappa shape index (κ2) is 17.6. The van der Waals surface area contributed by atoms with Crippen LogP contribution in [0.25, 0.3) is 0 Å². The van der Waals surface area contributed by atoms with E-state index in [9.17, 15) is 0 Å².